The Labute approximate surface area is 106 Å². The van der Waals surface area contributed by atoms with Gasteiger partial charge in [-0.25, -0.2) is 4.98 Å². The first-order valence-electron chi connectivity index (χ1n) is 5.60. The maximum absolute atomic E-state index is 10.3. The van der Waals surface area contributed by atoms with Crippen LogP contribution in [0, 0.1) is 13.8 Å². The van der Waals surface area contributed by atoms with E-state index in [1.165, 1.54) is 19.5 Å². The number of hydrogen-bond donors (Lipinski definition) is 1. The highest BCUT2D eigenvalue weighted by atomic mass is 16.5. The Hall–Kier alpha value is -2.01. The number of ether oxygens (including phenoxy) is 1. The molecule has 1 atom stereocenters. The number of hydrogen-bond acceptors (Lipinski definition) is 5. The van der Waals surface area contributed by atoms with Crippen LogP contribution in [0.2, 0.25) is 0 Å². The van der Waals surface area contributed by atoms with E-state index in [-0.39, 0.29) is 0 Å². The third kappa shape index (κ3) is 2.46. The van der Waals surface area contributed by atoms with E-state index in [0.29, 0.717) is 11.6 Å². The molecule has 0 saturated carbocycles. The maximum Gasteiger partial charge on any atom is 0.238 e. The molecule has 0 bridgehead atoms. The molecule has 0 aliphatic heterocycles. The van der Waals surface area contributed by atoms with Crippen LogP contribution in [0.4, 0.5) is 0 Å². The zero-order valence-corrected chi connectivity index (χ0v) is 10.6. The van der Waals surface area contributed by atoms with Gasteiger partial charge in [-0.3, -0.25) is 9.97 Å². The van der Waals surface area contributed by atoms with Gasteiger partial charge in [-0.15, -0.1) is 0 Å². The lowest BCUT2D eigenvalue weighted by atomic mass is 10.1. The minimum Gasteiger partial charge on any atom is -0.480 e. The van der Waals surface area contributed by atoms with Gasteiger partial charge in [0.1, 0.15) is 11.8 Å². The van der Waals surface area contributed by atoms with Crippen molar-refractivity contribution >= 4 is 0 Å². The minimum absolute atomic E-state index is 0.331. The highest BCUT2D eigenvalue weighted by molar-refractivity contribution is 5.32. The van der Waals surface area contributed by atoms with E-state index in [0.717, 1.165) is 17.0 Å². The van der Waals surface area contributed by atoms with Crippen LogP contribution >= 0.6 is 0 Å². The molecule has 2 rings (SSSR count). The summed E-state index contributed by atoms with van der Waals surface area (Å²) in [4.78, 5) is 12.4. The number of pyridine rings is 1. The lowest BCUT2D eigenvalue weighted by Crippen LogP contribution is -2.07. The number of methoxy groups -OCH3 is 1. The lowest BCUT2D eigenvalue weighted by molar-refractivity contribution is 0.207. The normalized spacial score (nSPS) is 12.2. The fourth-order valence-corrected chi connectivity index (χ4v) is 1.86. The number of aryl methyl sites for hydroxylation is 2. The second-order valence-corrected chi connectivity index (χ2v) is 4.04. The summed E-state index contributed by atoms with van der Waals surface area (Å²) in [6, 6.07) is 3.65. The van der Waals surface area contributed by atoms with Crippen LogP contribution in [0.15, 0.2) is 24.5 Å². The molecule has 0 aliphatic carbocycles. The average molecular weight is 245 g/mol. The zero-order chi connectivity index (χ0) is 13.1. The predicted octanol–water partition coefficient (Wildman–Crippen LogP) is 1.58. The summed E-state index contributed by atoms with van der Waals surface area (Å²) in [5.74, 6) is 0.331. The molecule has 1 unspecified atom stereocenters. The SMILES string of the molecule is COc1nccnc1C(O)c1cc(C)nc(C)c1. The molecule has 0 saturated heterocycles. The highest BCUT2D eigenvalue weighted by Gasteiger charge is 2.18. The van der Waals surface area contributed by atoms with Gasteiger partial charge in [0.25, 0.3) is 0 Å². The molecule has 0 radical (unpaired) electrons. The predicted molar refractivity (Wildman–Crippen MR) is 66.4 cm³/mol. The first-order chi connectivity index (χ1) is 8.61. The van der Waals surface area contributed by atoms with E-state index in [1.807, 2.05) is 26.0 Å². The first-order valence-corrected chi connectivity index (χ1v) is 5.60. The Bertz CT molecular complexity index is 537. The van der Waals surface area contributed by atoms with E-state index < -0.39 is 6.10 Å². The summed E-state index contributed by atoms with van der Waals surface area (Å²) in [5.41, 5.74) is 2.85. The molecule has 94 valence electrons. The van der Waals surface area contributed by atoms with E-state index in [2.05, 4.69) is 15.0 Å². The standard InChI is InChI=1S/C13H15N3O2/c1-8-6-10(7-9(2)16-8)12(17)11-13(18-3)15-5-4-14-11/h4-7,12,17H,1-3H3. The van der Waals surface area contributed by atoms with Crippen LogP contribution in [-0.2, 0) is 0 Å². The van der Waals surface area contributed by atoms with Crippen molar-refractivity contribution in [3.63, 3.8) is 0 Å². The quantitative estimate of drug-likeness (QED) is 0.889. The Morgan fingerprint density at radius 1 is 1.11 bits per heavy atom. The highest BCUT2D eigenvalue weighted by Crippen LogP contribution is 2.26. The molecule has 0 aromatic carbocycles. The van der Waals surface area contributed by atoms with Crippen molar-refractivity contribution in [1.82, 2.24) is 15.0 Å². The van der Waals surface area contributed by atoms with Crippen molar-refractivity contribution < 1.29 is 9.84 Å². The van der Waals surface area contributed by atoms with Crippen LogP contribution in [0.1, 0.15) is 28.7 Å². The van der Waals surface area contributed by atoms with Gasteiger partial charge >= 0.3 is 0 Å². The molecule has 5 nitrogen and oxygen atoms in total. The second kappa shape index (κ2) is 5.10. The number of aliphatic hydroxyl groups excluding tert-OH is 1. The van der Waals surface area contributed by atoms with Gasteiger partial charge in [0, 0.05) is 23.8 Å². The Morgan fingerprint density at radius 2 is 1.72 bits per heavy atom. The molecular formula is C13H15N3O2. The molecule has 0 amide bonds. The van der Waals surface area contributed by atoms with E-state index in [9.17, 15) is 5.11 Å². The zero-order valence-electron chi connectivity index (χ0n) is 10.6. The molecule has 2 aromatic heterocycles. The summed E-state index contributed by atoms with van der Waals surface area (Å²) >= 11 is 0. The fourth-order valence-electron chi connectivity index (χ4n) is 1.86. The summed E-state index contributed by atoms with van der Waals surface area (Å²) in [7, 11) is 1.50. The minimum atomic E-state index is -0.867. The molecule has 0 spiro atoms. The van der Waals surface area contributed by atoms with Gasteiger partial charge in [-0.1, -0.05) is 0 Å². The van der Waals surface area contributed by atoms with Crippen molar-refractivity contribution in [2.75, 3.05) is 7.11 Å². The fraction of sp³-hybridized carbons (Fsp3) is 0.308. The summed E-state index contributed by atoms with van der Waals surface area (Å²) < 4.78 is 5.10. The third-order valence-corrected chi connectivity index (χ3v) is 2.56. The third-order valence-electron chi connectivity index (χ3n) is 2.56. The molecule has 0 fully saturated rings. The number of nitrogens with zero attached hydrogens (tertiary/aromatic N) is 3. The van der Waals surface area contributed by atoms with Gasteiger partial charge in [-0.05, 0) is 31.5 Å². The van der Waals surface area contributed by atoms with E-state index in [4.69, 9.17) is 4.74 Å². The molecule has 0 aliphatic rings. The number of aliphatic hydroxyl groups is 1. The molecule has 18 heavy (non-hydrogen) atoms. The Kier molecular flexibility index (Phi) is 3.53. The van der Waals surface area contributed by atoms with Crippen LogP contribution in [0.25, 0.3) is 0 Å². The molecule has 1 N–H and O–H groups in total. The van der Waals surface area contributed by atoms with Gasteiger partial charge < -0.3 is 9.84 Å². The summed E-state index contributed by atoms with van der Waals surface area (Å²) in [5, 5.41) is 10.3. The maximum atomic E-state index is 10.3. The average Bonchev–Trinajstić information content (AvgIpc) is 2.36. The van der Waals surface area contributed by atoms with Gasteiger partial charge in [-0.2, -0.15) is 0 Å². The molecule has 2 aromatic rings. The summed E-state index contributed by atoms with van der Waals surface area (Å²) in [6.07, 6.45) is 2.19. The van der Waals surface area contributed by atoms with Crippen molar-refractivity contribution in [2.24, 2.45) is 0 Å². The van der Waals surface area contributed by atoms with Crippen LogP contribution in [0.3, 0.4) is 0 Å². The van der Waals surface area contributed by atoms with Crippen molar-refractivity contribution in [1.29, 1.82) is 0 Å². The molecular weight excluding hydrogens is 230 g/mol. The summed E-state index contributed by atoms with van der Waals surface area (Å²) in [6.45, 7) is 3.77. The molecule has 5 heteroatoms. The van der Waals surface area contributed by atoms with E-state index >= 15 is 0 Å². The topological polar surface area (TPSA) is 68.1 Å². The van der Waals surface area contributed by atoms with E-state index in [1.54, 1.807) is 0 Å². The van der Waals surface area contributed by atoms with Gasteiger partial charge in [0.2, 0.25) is 5.88 Å². The van der Waals surface area contributed by atoms with Crippen molar-refractivity contribution in [3.05, 3.63) is 47.2 Å². The monoisotopic (exact) mass is 245 g/mol. The Balaban J connectivity index is 2.44. The van der Waals surface area contributed by atoms with Gasteiger partial charge in [0.05, 0.1) is 7.11 Å². The molecule has 2 heterocycles. The first kappa shape index (κ1) is 12.4. The Morgan fingerprint density at radius 3 is 2.33 bits per heavy atom. The van der Waals surface area contributed by atoms with Crippen LogP contribution < -0.4 is 4.74 Å². The van der Waals surface area contributed by atoms with Crippen molar-refractivity contribution in [3.8, 4) is 5.88 Å². The number of aromatic nitrogens is 3. The van der Waals surface area contributed by atoms with Crippen molar-refractivity contribution in [2.45, 2.75) is 20.0 Å². The lowest BCUT2D eigenvalue weighted by Gasteiger charge is -2.13. The largest absolute Gasteiger partial charge is 0.480 e. The van der Waals surface area contributed by atoms with Gasteiger partial charge in [0.15, 0.2) is 0 Å². The number of rotatable bonds is 3. The smallest absolute Gasteiger partial charge is 0.238 e. The van der Waals surface area contributed by atoms with Crippen LogP contribution in [0.5, 0.6) is 5.88 Å². The van der Waals surface area contributed by atoms with Crippen LogP contribution in [-0.4, -0.2) is 27.2 Å². The second-order valence-electron chi connectivity index (χ2n) is 4.04.